The molecule has 152 valence electrons. The molecule has 0 bridgehead atoms. The van der Waals surface area contributed by atoms with Crippen LogP contribution >= 0.6 is 0 Å². The van der Waals surface area contributed by atoms with Gasteiger partial charge < -0.3 is 9.88 Å². The van der Waals surface area contributed by atoms with Crippen LogP contribution in [0, 0.1) is 0 Å². The van der Waals surface area contributed by atoms with Gasteiger partial charge in [-0.1, -0.05) is 12.1 Å². The summed E-state index contributed by atoms with van der Waals surface area (Å²) < 4.78 is 2.04. The summed E-state index contributed by atoms with van der Waals surface area (Å²) in [5.41, 5.74) is 6.35. The number of aryl methyl sites for hydroxylation is 2. The van der Waals surface area contributed by atoms with Gasteiger partial charge in [-0.3, -0.25) is 14.4 Å². The van der Waals surface area contributed by atoms with Crippen molar-refractivity contribution in [1.82, 2.24) is 24.6 Å². The number of rotatable bonds is 5. The summed E-state index contributed by atoms with van der Waals surface area (Å²) in [6, 6.07) is 8.65. The van der Waals surface area contributed by atoms with Crippen LogP contribution < -0.4 is 0 Å². The van der Waals surface area contributed by atoms with Crippen LogP contribution in [0.4, 0.5) is 0 Å². The normalized spacial score (nSPS) is 17.2. The molecule has 1 amide bonds. The molecular weight excluding hydrogens is 362 g/mol. The first kappa shape index (κ1) is 18.4. The van der Waals surface area contributed by atoms with E-state index in [0.717, 1.165) is 64.1 Å². The fraction of sp³-hybridized carbons (Fsp3) is 0.478. The molecule has 0 saturated carbocycles. The molecule has 3 aromatic rings. The summed E-state index contributed by atoms with van der Waals surface area (Å²) >= 11 is 0. The SMILES string of the molecule is Cn1nc(CCC(=O)N2CCCC2)c2c1CCN(Cc1cccc3[nH]ccc13)C2. The van der Waals surface area contributed by atoms with Crippen LogP contribution in [-0.2, 0) is 37.8 Å². The molecule has 2 aliphatic rings. The van der Waals surface area contributed by atoms with Crippen molar-refractivity contribution in [3.05, 3.63) is 53.0 Å². The number of hydrogen-bond donors (Lipinski definition) is 1. The van der Waals surface area contributed by atoms with Gasteiger partial charge in [-0.2, -0.15) is 5.10 Å². The second-order valence-electron chi connectivity index (χ2n) is 8.40. The highest BCUT2D eigenvalue weighted by Crippen LogP contribution is 2.26. The predicted octanol–water partition coefficient (Wildman–Crippen LogP) is 3.01. The fourth-order valence-corrected chi connectivity index (χ4v) is 4.94. The van der Waals surface area contributed by atoms with Crippen LogP contribution in [0.5, 0.6) is 0 Å². The van der Waals surface area contributed by atoms with Crippen LogP contribution in [-0.4, -0.2) is 50.1 Å². The van der Waals surface area contributed by atoms with Gasteiger partial charge in [0.15, 0.2) is 0 Å². The van der Waals surface area contributed by atoms with Gasteiger partial charge in [0.05, 0.1) is 5.69 Å². The minimum atomic E-state index is 0.286. The number of fused-ring (bicyclic) bond motifs is 2. The predicted molar refractivity (Wildman–Crippen MR) is 113 cm³/mol. The first-order valence-electron chi connectivity index (χ1n) is 10.8. The van der Waals surface area contributed by atoms with E-state index < -0.39 is 0 Å². The maximum absolute atomic E-state index is 12.5. The molecule has 6 heteroatoms. The van der Waals surface area contributed by atoms with Crippen molar-refractivity contribution in [3.63, 3.8) is 0 Å². The molecule has 1 fully saturated rings. The summed E-state index contributed by atoms with van der Waals surface area (Å²) in [5.74, 6) is 0.286. The minimum absolute atomic E-state index is 0.286. The zero-order chi connectivity index (χ0) is 19.8. The van der Waals surface area contributed by atoms with Crippen molar-refractivity contribution >= 4 is 16.8 Å². The van der Waals surface area contributed by atoms with Crippen molar-refractivity contribution in [1.29, 1.82) is 0 Å². The third-order valence-corrected chi connectivity index (χ3v) is 6.52. The Labute approximate surface area is 171 Å². The first-order chi connectivity index (χ1) is 14.2. The van der Waals surface area contributed by atoms with Crippen molar-refractivity contribution in [2.24, 2.45) is 7.05 Å². The number of likely N-dealkylation sites (tertiary alicyclic amines) is 1. The molecule has 6 nitrogen and oxygen atoms in total. The average molecular weight is 392 g/mol. The number of aromatic amines is 1. The molecule has 4 heterocycles. The van der Waals surface area contributed by atoms with Gasteiger partial charge in [0.25, 0.3) is 0 Å². The maximum Gasteiger partial charge on any atom is 0.222 e. The monoisotopic (exact) mass is 391 g/mol. The topological polar surface area (TPSA) is 57.2 Å². The van der Waals surface area contributed by atoms with Crippen molar-refractivity contribution in [3.8, 4) is 0 Å². The smallest absolute Gasteiger partial charge is 0.222 e. The summed E-state index contributed by atoms with van der Waals surface area (Å²) in [5, 5.41) is 6.09. The van der Waals surface area contributed by atoms with E-state index in [2.05, 4.69) is 34.1 Å². The number of nitrogens with zero attached hydrogens (tertiary/aromatic N) is 4. The quantitative estimate of drug-likeness (QED) is 0.727. The highest BCUT2D eigenvalue weighted by molar-refractivity contribution is 5.82. The van der Waals surface area contributed by atoms with Crippen molar-refractivity contribution in [2.75, 3.05) is 19.6 Å². The largest absolute Gasteiger partial charge is 0.361 e. The lowest BCUT2D eigenvalue weighted by molar-refractivity contribution is -0.130. The number of benzene rings is 1. The zero-order valence-electron chi connectivity index (χ0n) is 17.2. The number of carbonyl (C=O) groups excluding carboxylic acids is 1. The molecule has 2 aromatic heterocycles. The second kappa shape index (κ2) is 7.67. The molecule has 0 unspecified atom stereocenters. The molecule has 2 aliphatic heterocycles. The molecule has 0 aliphatic carbocycles. The Hall–Kier alpha value is -2.60. The molecular formula is C23H29N5O. The molecule has 0 spiro atoms. The lowest BCUT2D eigenvalue weighted by Gasteiger charge is -2.28. The second-order valence-corrected chi connectivity index (χ2v) is 8.40. The lowest BCUT2D eigenvalue weighted by atomic mass is 10.0. The molecule has 0 atom stereocenters. The third kappa shape index (κ3) is 3.57. The lowest BCUT2D eigenvalue weighted by Crippen LogP contribution is -2.31. The van der Waals surface area contributed by atoms with Crippen LogP contribution in [0.25, 0.3) is 10.9 Å². The Kier molecular flexibility index (Phi) is 4.87. The van der Waals surface area contributed by atoms with Gasteiger partial charge in [-0.05, 0) is 30.5 Å². The highest BCUT2D eigenvalue weighted by Gasteiger charge is 2.25. The van der Waals surface area contributed by atoms with Crippen molar-refractivity contribution < 1.29 is 4.79 Å². The zero-order valence-corrected chi connectivity index (χ0v) is 17.2. The van der Waals surface area contributed by atoms with E-state index in [1.54, 1.807) is 0 Å². The van der Waals surface area contributed by atoms with Crippen molar-refractivity contribution in [2.45, 2.75) is 45.2 Å². The van der Waals surface area contributed by atoms with Crippen LogP contribution in [0.3, 0.4) is 0 Å². The van der Waals surface area contributed by atoms with Gasteiger partial charge in [0.1, 0.15) is 0 Å². The number of amides is 1. The molecule has 1 aromatic carbocycles. The molecule has 1 saturated heterocycles. The number of hydrogen-bond acceptors (Lipinski definition) is 3. The number of nitrogens with one attached hydrogen (secondary N) is 1. The summed E-state index contributed by atoms with van der Waals surface area (Å²) in [4.78, 5) is 20.3. The summed E-state index contributed by atoms with van der Waals surface area (Å²) in [7, 11) is 2.04. The van der Waals surface area contributed by atoms with Gasteiger partial charge >= 0.3 is 0 Å². The highest BCUT2D eigenvalue weighted by atomic mass is 16.2. The van der Waals surface area contributed by atoms with E-state index >= 15 is 0 Å². The Morgan fingerprint density at radius 2 is 2.03 bits per heavy atom. The van der Waals surface area contributed by atoms with E-state index in [-0.39, 0.29) is 5.91 Å². The number of aromatic nitrogens is 3. The van der Waals surface area contributed by atoms with E-state index in [1.807, 2.05) is 22.8 Å². The third-order valence-electron chi connectivity index (χ3n) is 6.52. The van der Waals surface area contributed by atoms with Gasteiger partial charge in [-0.25, -0.2) is 0 Å². The maximum atomic E-state index is 12.5. The van der Waals surface area contributed by atoms with E-state index in [9.17, 15) is 4.79 Å². The average Bonchev–Trinajstić information content (AvgIpc) is 3.47. The van der Waals surface area contributed by atoms with E-state index in [1.165, 1.54) is 27.7 Å². The summed E-state index contributed by atoms with van der Waals surface area (Å²) in [6.45, 7) is 4.75. The van der Waals surface area contributed by atoms with Gasteiger partial charge in [-0.15, -0.1) is 0 Å². The molecule has 29 heavy (non-hydrogen) atoms. The Morgan fingerprint density at radius 3 is 2.90 bits per heavy atom. The number of carbonyl (C=O) groups is 1. The molecule has 0 radical (unpaired) electrons. The van der Waals surface area contributed by atoms with Gasteiger partial charge in [0, 0.05) is 87.4 Å². The standard InChI is InChI=1S/C23H29N5O/c1-26-22-10-14-27(15-17-5-4-6-20-18(17)9-11-24-20)16-19(22)21(25-26)7-8-23(29)28-12-2-3-13-28/h4-6,9,11,24H,2-3,7-8,10,12-16H2,1H3. The minimum Gasteiger partial charge on any atom is -0.361 e. The van der Waals surface area contributed by atoms with E-state index in [0.29, 0.717) is 6.42 Å². The number of H-pyrrole nitrogens is 1. The molecule has 1 N–H and O–H groups in total. The Balaban J connectivity index is 1.30. The van der Waals surface area contributed by atoms with Crippen LogP contribution in [0.2, 0.25) is 0 Å². The van der Waals surface area contributed by atoms with E-state index in [4.69, 9.17) is 5.10 Å². The Morgan fingerprint density at radius 1 is 1.17 bits per heavy atom. The Bertz CT molecular complexity index is 1030. The first-order valence-corrected chi connectivity index (χ1v) is 10.8. The van der Waals surface area contributed by atoms with Crippen LogP contribution in [0.1, 0.15) is 41.8 Å². The fourth-order valence-electron chi connectivity index (χ4n) is 4.94. The van der Waals surface area contributed by atoms with Crippen LogP contribution in [0.15, 0.2) is 30.5 Å². The summed E-state index contributed by atoms with van der Waals surface area (Å²) in [6.07, 6.45) is 6.65. The van der Waals surface area contributed by atoms with Gasteiger partial charge in [0.2, 0.25) is 5.91 Å². The molecule has 5 rings (SSSR count).